The van der Waals surface area contributed by atoms with Gasteiger partial charge in [0.15, 0.2) is 0 Å². The Hall–Kier alpha value is -2.66. The molecule has 2 N–H and O–H groups in total. The van der Waals surface area contributed by atoms with Crippen molar-refractivity contribution in [3.8, 4) is 0 Å². The van der Waals surface area contributed by atoms with Gasteiger partial charge < -0.3 is 15.2 Å². The largest absolute Gasteiger partial charge is 0.350 e. The lowest BCUT2D eigenvalue weighted by Gasteiger charge is -2.19. The molecule has 0 radical (unpaired) electrons. The third kappa shape index (κ3) is 3.54. The summed E-state index contributed by atoms with van der Waals surface area (Å²) < 4.78 is 14.0. The van der Waals surface area contributed by atoms with Gasteiger partial charge in [-0.25, -0.2) is 4.39 Å². The molecule has 1 aliphatic rings. The maximum absolute atomic E-state index is 14.0. The lowest BCUT2D eigenvalue weighted by molar-refractivity contribution is 0.102. The van der Waals surface area contributed by atoms with Crippen molar-refractivity contribution in [3.63, 3.8) is 0 Å². The summed E-state index contributed by atoms with van der Waals surface area (Å²) in [5.74, 6) is -0.0617. The van der Waals surface area contributed by atoms with Crippen molar-refractivity contribution in [2.75, 3.05) is 19.4 Å². The van der Waals surface area contributed by atoms with Crippen LogP contribution >= 0.6 is 0 Å². The van der Waals surface area contributed by atoms with Crippen LogP contribution in [0.1, 0.15) is 46.8 Å². The van der Waals surface area contributed by atoms with Crippen LogP contribution in [0.4, 0.5) is 10.1 Å². The van der Waals surface area contributed by atoms with Gasteiger partial charge in [0, 0.05) is 17.1 Å². The molecule has 1 aromatic heterocycles. The van der Waals surface area contributed by atoms with E-state index in [4.69, 9.17) is 0 Å². The summed E-state index contributed by atoms with van der Waals surface area (Å²) in [6.07, 6.45) is 3.51. The Kier molecular flexibility index (Phi) is 4.94. The molecule has 0 spiro atoms. The molecule has 1 aliphatic carbocycles. The fourth-order valence-electron chi connectivity index (χ4n) is 4.25. The molecule has 1 amide bonds. The second-order valence-electron chi connectivity index (χ2n) is 8.04. The molecule has 1 heterocycles. The van der Waals surface area contributed by atoms with Crippen LogP contribution in [0.25, 0.3) is 10.9 Å². The minimum absolute atomic E-state index is 0.260. The first-order valence-electron chi connectivity index (χ1n) is 9.78. The number of nitrogens with zero attached hydrogens (tertiary/aromatic N) is 1. The van der Waals surface area contributed by atoms with E-state index in [2.05, 4.69) is 41.4 Å². The van der Waals surface area contributed by atoms with Gasteiger partial charge in [0.25, 0.3) is 5.91 Å². The zero-order valence-corrected chi connectivity index (χ0v) is 16.6. The number of nitrogens with one attached hydrogen (secondary N) is 2. The molecule has 0 bridgehead atoms. The van der Waals surface area contributed by atoms with Crippen LogP contribution in [0.3, 0.4) is 0 Å². The van der Waals surface area contributed by atoms with Crippen LogP contribution in [0, 0.1) is 12.7 Å². The number of fused-ring (bicyclic) bond motifs is 1. The molecule has 4 rings (SSSR count). The highest BCUT2D eigenvalue weighted by Crippen LogP contribution is 2.37. The Labute approximate surface area is 164 Å². The van der Waals surface area contributed by atoms with Crippen LogP contribution in [-0.2, 0) is 0 Å². The van der Waals surface area contributed by atoms with E-state index in [1.807, 2.05) is 19.1 Å². The summed E-state index contributed by atoms with van der Waals surface area (Å²) >= 11 is 0. The average molecular weight is 379 g/mol. The first-order valence-corrected chi connectivity index (χ1v) is 9.78. The van der Waals surface area contributed by atoms with Crippen molar-refractivity contribution < 1.29 is 9.18 Å². The van der Waals surface area contributed by atoms with Crippen LogP contribution in [-0.4, -0.2) is 35.9 Å². The smallest absolute Gasteiger partial charge is 0.272 e. The Morgan fingerprint density at radius 3 is 2.71 bits per heavy atom. The van der Waals surface area contributed by atoms with E-state index in [9.17, 15) is 9.18 Å². The Morgan fingerprint density at radius 1 is 1.18 bits per heavy atom. The van der Waals surface area contributed by atoms with Gasteiger partial charge in [-0.15, -0.1) is 0 Å². The van der Waals surface area contributed by atoms with Gasteiger partial charge in [0.05, 0.1) is 5.52 Å². The van der Waals surface area contributed by atoms with Gasteiger partial charge >= 0.3 is 0 Å². The molecule has 5 heteroatoms. The number of aryl methyl sites for hydroxylation is 1. The monoisotopic (exact) mass is 379 g/mol. The lowest BCUT2D eigenvalue weighted by atomic mass is 9.97. The van der Waals surface area contributed by atoms with Gasteiger partial charge in [0.2, 0.25) is 0 Å². The van der Waals surface area contributed by atoms with Crippen LogP contribution in [0.5, 0.6) is 0 Å². The first-order chi connectivity index (χ1) is 13.4. The van der Waals surface area contributed by atoms with Crippen LogP contribution in [0.2, 0.25) is 0 Å². The summed E-state index contributed by atoms with van der Waals surface area (Å²) in [5, 5.41) is 3.40. The molecule has 1 unspecified atom stereocenters. The first kappa shape index (κ1) is 18.7. The molecule has 28 heavy (non-hydrogen) atoms. The second-order valence-corrected chi connectivity index (χ2v) is 8.04. The standard InChI is InChI=1S/C23H26FN3O/c1-14-7-10-20(24)19-13-21(26-22(14)19)23(28)25-17-6-4-5-15(11-17)16-8-9-18(12-16)27(2)3/h4-7,10-11,13,16,18,26H,8-9,12H2,1-3H3,(H,25,28)/t16?,18-/m1/s1. The molecular formula is C23H26FN3O. The van der Waals surface area contributed by atoms with Crippen LogP contribution < -0.4 is 5.32 Å². The van der Waals surface area contributed by atoms with Crippen molar-refractivity contribution in [1.82, 2.24) is 9.88 Å². The zero-order valence-electron chi connectivity index (χ0n) is 16.6. The number of carbonyl (C=O) groups excluding carboxylic acids is 1. The summed E-state index contributed by atoms with van der Waals surface area (Å²) in [4.78, 5) is 18.1. The highest BCUT2D eigenvalue weighted by Gasteiger charge is 2.27. The van der Waals surface area contributed by atoms with E-state index in [-0.39, 0.29) is 11.7 Å². The van der Waals surface area contributed by atoms with Crippen molar-refractivity contribution >= 4 is 22.5 Å². The number of anilines is 1. The topological polar surface area (TPSA) is 48.1 Å². The number of aromatic amines is 1. The summed E-state index contributed by atoms with van der Waals surface area (Å²) in [6.45, 7) is 1.89. The van der Waals surface area contributed by atoms with E-state index >= 15 is 0 Å². The third-order valence-corrected chi connectivity index (χ3v) is 5.94. The lowest BCUT2D eigenvalue weighted by Crippen LogP contribution is -2.24. The van der Waals surface area contributed by atoms with Crippen molar-refractivity contribution in [2.45, 2.75) is 38.1 Å². The molecule has 2 atom stereocenters. The molecule has 146 valence electrons. The van der Waals surface area contributed by atoms with Crippen molar-refractivity contribution in [3.05, 3.63) is 65.1 Å². The van der Waals surface area contributed by atoms with Crippen molar-refractivity contribution in [2.24, 2.45) is 0 Å². The molecule has 4 nitrogen and oxygen atoms in total. The highest BCUT2D eigenvalue weighted by molar-refractivity contribution is 6.06. The number of hydrogen-bond acceptors (Lipinski definition) is 2. The number of rotatable bonds is 4. The Balaban J connectivity index is 1.53. The third-order valence-electron chi connectivity index (χ3n) is 5.94. The fourth-order valence-corrected chi connectivity index (χ4v) is 4.25. The van der Waals surface area contributed by atoms with Gasteiger partial charge in [-0.05, 0) is 81.6 Å². The molecular weight excluding hydrogens is 353 g/mol. The SMILES string of the molecule is Cc1ccc(F)c2cc(C(=O)Nc3cccc(C4CC[C@@H](N(C)C)C4)c3)[nH]c12. The predicted molar refractivity (Wildman–Crippen MR) is 111 cm³/mol. The minimum atomic E-state index is -0.324. The van der Waals surface area contributed by atoms with E-state index in [1.54, 1.807) is 12.1 Å². The number of halogens is 1. The maximum atomic E-state index is 14.0. The normalized spacial score (nSPS) is 19.5. The molecule has 0 saturated heterocycles. The van der Waals surface area contributed by atoms with E-state index in [0.717, 1.165) is 17.7 Å². The number of aromatic nitrogens is 1. The predicted octanol–water partition coefficient (Wildman–Crippen LogP) is 5.07. The maximum Gasteiger partial charge on any atom is 0.272 e. The van der Waals surface area contributed by atoms with Crippen LogP contribution in [0.15, 0.2) is 42.5 Å². The number of hydrogen-bond donors (Lipinski definition) is 2. The molecule has 1 fully saturated rings. The molecule has 0 aliphatic heterocycles. The zero-order chi connectivity index (χ0) is 19.8. The van der Waals surface area contributed by atoms with Gasteiger partial charge in [0.1, 0.15) is 11.5 Å². The number of amides is 1. The highest BCUT2D eigenvalue weighted by atomic mass is 19.1. The quantitative estimate of drug-likeness (QED) is 0.665. The summed E-state index contributed by atoms with van der Waals surface area (Å²) in [5.41, 5.74) is 3.98. The summed E-state index contributed by atoms with van der Waals surface area (Å²) in [6, 6.07) is 13.4. The Bertz CT molecular complexity index is 985. The van der Waals surface area contributed by atoms with E-state index in [0.29, 0.717) is 28.6 Å². The van der Waals surface area contributed by atoms with Gasteiger partial charge in [-0.2, -0.15) is 0 Å². The Morgan fingerprint density at radius 2 is 2.00 bits per heavy atom. The number of carbonyl (C=O) groups is 1. The van der Waals surface area contributed by atoms with Gasteiger partial charge in [-0.1, -0.05) is 18.2 Å². The summed E-state index contributed by atoms with van der Waals surface area (Å²) in [7, 11) is 4.27. The molecule has 3 aromatic rings. The number of H-pyrrole nitrogens is 1. The van der Waals surface area contributed by atoms with E-state index in [1.165, 1.54) is 24.5 Å². The molecule has 2 aromatic carbocycles. The van der Waals surface area contributed by atoms with Crippen molar-refractivity contribution in [1.29, 1.82) is 0 Å². The number of benzene rings is 2. The van der Waals surface area contributed by atoms with Gasteiger partial charge in [-0.3, -0.25) is 4.79 Å². The molecule has 1 saturated carbocycles. The fraction of sp³-hybridized carbons (Fsp3) is 0.348. The van der Waals surface area contributed by atoms with E-state index < -0.39 is 0 Å². The second kappa shape index (κ2) is 7.40. The minimum Gasteiger partial charge on any atom is -0.350 e. The average Bonchev–Trinajstić information content (AvgIpc) is 3.33.